The summed E-state index contributed by atoms with van der Waals surface area (Å²) in [6, 6.07) is 13.0. The van der Waals surface area contributed by atoms with Gasteiger partial charge in [0.05, 0.1) is 6.07 Å². The Balaban J connectivity index is 2.49. The Morgan fingerprint density at radius 3 is 2.60 bits per heavy atom. The number of hydrogen-bond donors (Lipinski definition) is 0. The lowest BCUT2D eigenvalue weighted by Crippen LogP contribution is -2.13. The quantitative estimate of drug-likeness (QED) is 0.783. The van der Waals surface area contributed by atoms with Crippen molar-refractivity contribution in [1.82, 2.24) is 0 Å². The van der Waals surface area contributed by atoms with Crippen LogP contribution < -0.4 is 0 Å². The lowest BCUT2D eigenvalue weighted by molar-refractivity contribution is 0.0976. The molecule has 0 aliphatic heterocycles. The van der Waals surface area contributed by atoms with Gasteiger partial charge in [-0.2, -0.15) is 5.26 Å². The zero-order valence-electron chi connectivity index (χ0n) is 10.7. The van der Waals surface area contributed by atoms with Crippen LogP contribution in [0.1, 0.15) is 27.4 Å². The van der Waals surface area contributed by atoms with Gasteiger partial charge in [-0.3, -0.25) is 4.79 Å². The molecular formula is C16H11BrFNO. The molecule has 0 aliphatic rings. The fourth-order valence-electron chi connectivity index (χ4n) is 1.97. The number of halogens is 2. The molecule has 0 aromatic heterocycles. The van der Waals surface area contributed by atoms with E-state index in [0.29, 0.717) is 10.0 Å². The van der Waals surface area contributed by atoms with E-state index < -0.39 is 17.5 Å². The zero-order valence-corrected chi connectivity index (χ0v) is 12.3. The molecule has 1 unspecified atom stereocenters. The van der Waals surface area contributed by atoms with E-state index in [2.05, 4.69) is 15.9 Å². The van der Waals surface area contributed by atoms with Gasteiger partial charge in [0, 0.05) is 15.6 Å². The average Bonchev–Trinajstić information content (AvgIpc) is 2.44. The topological polar surface area (TPSA) is 40.9 Å². The summed E-state index contributed by atoms with van der Waals surface area (Å²) in [5.41, 5.74) is 1.38. The molecule has 2 rings (SSSR count). The number of carbonyl (C=O) groups excluding carboxylic acids is 1. The summed E-state index contributed by atoms with van der Waals surface area (Å²) in [7, 11) is 0. The highest BCUT2D eigenvalue weighted by Gasteiger charge is 2.26. The molecule has 0 aliphatic carbocycles. The number of rotatable bonds is 3. The molecule has 20 heavy (non-hydrogen) atoms. The van der Waals surface area contributed by atoms with Crippen LogP contribution in [-0.4, -0.2) is 5.78 Å². The first-order valence-electron chi connectivity index (χ1n) is 5.99. The van der Waals surface area contributed by atoms with Gasteiger partial charge in [0.1, 0.15) is 11.7 Å². The molecule has 1 atom stereocenters. The summed E-state index contributed by atoms with van der Waals surface area (Å²) in [5.74, 6) is -2.10. The van der Waals surface area contributed by atoms with E-state index in [1.807, 2.05) is 19.1 Å². The van der Waals surface area contributed by atoms with Crippen LogP contribution in [0.15, 0.2) is 46.9 Å². The van der Waals surface area contributed by atoms with Crippen LogP contribution >= 0.6 is 15.9 Å². The fourth-order valence-corrected chi connectivity index (χ4v) is 2.43. The lowest BCUT2D eigenvalue weighted by atomic mass is 9.91. The van der Waals surface area contributed by atoms with Gasteiger partial charge in [0.2, 0.25) is 0 Å². The molecule has 2 aromatic carbocycles. The van der Waals surface area contributed by atoms with Crippen molar-refractivity contribution in [2.75, 3.05) is 0 Å². The maximum Gasteiger partial charge on any atom is 0.185 e. The summed E-state index contributed by atoms with van der Waals surface area (Å²) in [5, 5.41) is 9.24. The van der Waals surface area contributed by atoms with Crippen LogP contribution in [-0.2, 0) is 0 Å². The van der Waals surface area contributed by atoms with Crippen molar-refractivity contribution in [2.24, 2.45) is 0 Å². The Morgan fingerprint density at radius 2 is 1.95 bits per heavy atom. The minimum atomic E-state index is -1.14. The number of benzene rings is 2. The summed E-state index contributed by atoms with van der Waals surface area (Å²) in [6.07, 6.45) is 0. The highest BCUT2D eigenvalue weighted by atomic mass is 79.9. The number of carbonyl (C=O) groups is 1. The van der Waals surface area contributed by atoms with E-state index in [1.54, 1.807) is 18.2 Å². The number of hydrogen-bond acceptors (Lipinski definition) is 2. The minimum Gasteiger partial charge on any atom is -0.292 e. The lowest BCUT2D eigenvalue weighted by Gasteiger charge is -2.12. The molecule has 0 spiro atoms. The van der Waals surface area contributed by atoms with E-state index in [1.165, 1.54) is 18.2 Å². The number of ketones is 1. The van der Waals surface area contributed by atoms with Gasteiger partial charge in [-0.25, -0.2) is 4.39 Å². The smallest absolute Gasteiger partial charge is 0.185 e. The van der Waals surface area contributed by atoms with Crippen molar-refractivity contribution in [3.05, 3.63) is 69.4 Å². The van der Waals surface area contributed by atoms with Crippen LogP contribution in [0.25, 0.3) is 0 Å². The number of Topliss-reactive ketones (excluding diaryl/α,β-unsaturated/α-hetero) is 1. The molecule has 0 fully saturated rings. The van der Waals surface area contributed by atoms with Gasteiger partial charge in [-0.1, -0.05) is 36.4 Å². The molecular weight excluding hydrogens is 321 g/mol. The molecule has 0 saturated carbocycles. The van der Waals surface area contributed by atoms with Gasteiger partial charge in [0.25, 0.3) is 0 Å². The largest absolute Gasteiger partial charge is 0.292 e. The minimum absolute atomic E-state index is 0.105. The Morgan fingerprint density at radius 1 is 1.25 bits per heavy atom. The van der Waals surface area contributed by atoms with Gasteiger partial charge in [0.15, 0.2) is 5.78 Å². The van der Waals surface area contributed by atoms with E-state index in [9.17, 15) is 14.4 Å². The van der Waals surface area contributed by atoms with E-state index in [-0.39, 0.29) is 5.56 Å². The molecule has 0 saturated heterocycles. The first-order chi connectivity index (χ1) is 9.56. The van der Waals surface area contributed by atoms with Crippen molar-refractivity contribution in [3.8, 4) is 6.07 Å². The Labute approximate surface area is 125 Å². The normalized spacial score (nSPS) is 11.7. The molecule has 100 valence electrons. The highest BCUT2D eigenvalue weighted by Crippen LogP contribution is 2.28. The zero-order chi connectivity index (χ0) is 14.7. The van der Waals surface area contributed by atoms with Gasteiger partial charge >= 0.3 is 0 Å². The Bertz CT molecular complexity index is 706. The highest BCUT2D eigenvalue weighted by molar-refractivity contribution is 9.10. The summed E-state index contributed by atoms with van der Waals surface area (Å²) < 4.78 is 14.4. The SMILES string of the molecule is Cc1cccc(C(=O)C(C#N)c2ccccc2F)c1Br. The molecule has 2 aromatic rings. The maximum absolute atomic E-state index is 13.8. The van der Waals surface area contributed by atoms with E-state index in [0.717, 1.165) is 5.56 Å². The predicted molar refractivity (Wildman–Crippen MR) is 78.0 cm³/mol. The summed E-state index contributed by atoms with van der Waals surface area (Å²) >= 11 is 3.35. The molecule has 0 radical (unpaired) electrons. The number of nitrogens with zero attached hydrogens (tertiary/aromatic N) is 1. The van der Waals surface area contributed by atoms with Crippen LogP contribution in [0.5, 0.6) is 0 Å². The van der Waals surface area contributed by atoms with Gasteiger partial charge in [-0.15, -0.1) is 0 Å². The third-order valence-corrected chi connectivity index (χ3v) is 4.12. The number of nitriles is 1. The second-order valence-electron chi connectivity index (χ2n) is 4.38. The second kappa shape index (κ2) is 5.98. The maximum atomic E-state index is 13.8. The molecule has 0 heterocycles. The van der Waals surface area contributed by atoms with Crippen molar-refractivity contribution < 1.29 is 9.18 Å². The summed E-state index contributed by atoms with van der Waals surface area (Å²) in [6.45, 7) is 1.85. The Hall–Kier alpha value is -1.99. The van der Waals surface area contributed by atoms with Crippen molar-refractivity contribution in [2.45, 2.75) is 12.8 Å². The first-order valence-corrected chi connectivity index (χ1v) is 6.79. The first kappa shape index (κ1) is 14.4. The third-order valence-electron chi connectivity index (χ3n) is 3.06. The van der Waals surface area contributed by atoms with Crippen molar-refractivity contribution >= 4 is 21.7 Å². The molecule has 4 heteroatoms. The van der Waals surface area contributed by atoms with Crippen LogP contribution in [0.3, 0.4) is 0 Å². The second-order valence-corrected chi connectivity index (χ2v) is 5.18. The predicted octanol–water partition coefficient (Wildman–Crippen LogP) is 4.39. The monoisotopic (exact) mass is 331 g/mol. The third kappa shape index (κ3) is 2.63. The molecule has 0 N–H and O–H groups in total. The van der Waals surface area contributed by atoms with Crippen molar-refractivity contribution in [1.29, 1.82) is 5.26 Å². The Kier molecular flexibility index (Phi) is 4.31. The van der Waals surface area contributed by atoms with E-state index in [4.69, 9.17) is 0 Å². The molecule has 0 amide bonds. The van der Waals surface area contributed by atoms with Crippen molar-refractivity contribution in [3.63, 3.8) is 0 Å². The van der Waals surface area contributed by atoms with Crippen LogP contribution in [0.4, 0.5) is 4.39 Å². The standard InChI is InChI=1S/C16H11BrFNO/c1-10-5-4-7-12(15(10)17)16(20)13(9-19)11-6-2-3-8-14(11)18/h2-8,13H,1H3. The van der Waals surface area contributed by atoms with E-state index >= 15 is 0 Å². The van der Waals surface area contributed by atoms with Crippen LogP contribution in [0.2, 0.25) is 0 Å². The van der Waals surface area contributed by atoms with Crippen LogP contribution in [0, 0.1) is 24.1 Å². The summed E-state index contributed by atoms with van der Waals surface area (Å²) in [4.78, 5) is 12.5. The fraction of sp³-hybridized carbons (Fsp3) is 0.125. The molecule has 2 nitrogen and oxygen atoms in total. The average molecular weight is 332 g/mol. The number of aryl methyl sites for hydroxylation is 1. The van der Waals surface area contributed by atoms with Gasteiger partial charge < -0.3 is 0 Å². The molecule has 0 bridgehead atoms. The van der Waals surface area contributed by atoms with Gasteiger partial charge in [-0.05, 0) is 34.5 Å².